The van der Waals surface area contributed by atoms with Crippen LogP contribution in [-0.4, -0.2) is 16.3 Å². The Morgan fingerprint density at radius 2 is 1.94 bits per heavy atom. The lowest BCUT2D eigenvalue weighted by molar-refractivity contribution is -0.136. The molecule has 0 saturated heterocycles. The van der Waals surface area contributed by atoms with Crippen LogP contribution in [0.15, 0.2) is 35.2 Å². The number of carbonyl (C=O) groups is 1. The maximum absolute atomic E-state index is 11.1. The average molecular weight is 252 g/mol. The van der Waals surface area contributed by atoms with E-state index in [2.05, 4.69) is 6.92 Å². The van der Waals surface area contributed by atoms with Crippen molar-refractivity contribution in [3.63, 3.8) is 0 Å². The highest BCUT2D eigenvalue weighted by atomic mass is 32.2. The number of thioether (sulfide) groups is 1. The van der Waals surface area contributed by atoms with E-state index in [9.17, 15) is 9.90 Å². The normalized spacial score (nSPS) is 12.3. The van der Waals surface area contributed by atoms with E-state index in [4.69, 9.17) is 0 Å². The third kappa shape index (κ3) is 5.78. The van der Waals surface area contributed by atoms with Gasteiger partial charge in [-0.1, -0.05) is 50.8 Å². The molecular weight excluding hydrogens is 232 g/mol. The summed E-state index contributed by atoms with van der Waals surface area (Å²) in [4.78, 5) is 12.2. The Hall–Kier alpha value is -0.960. The van der Waals surface area contributed by atoms with E-state index >= 15 is 0 Å². The van der Waals surface area contributed by atoms with Crippen LogP contribution in [0.4, 0.5) is 0 Å². The first-order valence-corrected chi connectivity index (χ1v) is 7.06. The van der Waals surface area contributed by atoms with Crippen LogP contribution < -0.4 is 0 Å². The monoisotopic (exact) mass is 252 g/mol. The number of hydrogen-bond acceptors (Lipinski definition) is 2. The van der Waals surface area contributed by atoms with Crippen LogP contribution in [0.3, 0.4) is 0 Å². The van der Waals surface area contributed by atoms with Crippen molar-refractivity contribution in [2.24, 2.45) is 0 Å². The zero-order valence-electron chi connectivity index (χ0n) is 10.3. The van der Waals surface area contributed by atoms with Gasteiger partial charge < -0.3 is 5.11 Å². The van der Waals surface area contributed by atoms with Crippen LogP contribution in [0, 0.1) is 0 Å². The van der Waals surface area contributed by atoms with Crippen molar-refractivity contribution in [2.45, 2.75) is 49.2 Å². The standard InChI is InChI=1S/C14H20O2S/c1-2-3-4-8-11-13(14(15)16)17-12-9-6-5-7-10-12/h5-7,9-10,13H,2-4,8,11H2,1H3,(H,15,16)/t13-/m0/s1. The molecule has 0 radical (unpaired) electrons. The molecule has 1 aromatic rings. The minimum atomic E-state index is -0.699. The number of rotatable bonds is 8. The minimum absolute atomic E-state index is 0.311. The fraction of sp³-hybridized carbons (Fsp3) is 0.500. The van der Waals surface area contributed by atoms with Gasteiger partial charge in [0.2, 0.25) is 0 Å². The van der Waals surface area contributed by atoms with Gasteiger partial charge in [0.05, 0.1) is 0 Å². The molecule has 1 N–H and O–H groups in total. The van der Waals surface area contributed by atoms with Crippen LogP contribution in [0.1, 0.15) is 39.0 Å². The van der Waals surface area contributed by atoms with Crippen LogP contribution >= 0.6 is 11.8 Å². The maximum Gasteiger partial charge on any atom is 0.316 e. The Bertz CT molecular complexity index is 324. The third-order valence-electron chi connectivity index (χ3n) is 2.62. The van der Waals surface area contributed by atoms with E-state index in [0.717, 1.165) is 24.2 Å². The molecule has 0 aliphatic carbocycles. The zero-order chi connectivity index (χ0) is 12.5. The van der Waals surface area contributed by atoms with Gasteiger partial charge in [0.1, 0.15) is 5.25 Å². The third-order valence-corrected chi connectivity index (χ3v) is 3.88. The van der Waals surface area contributed by atoms with E-state index in [-0.39, 0.29) is 5.25 Å². The molecule has 1 rings (SSSR count). The maximum atomic E-state index is 11.1. The highest BCUT2D eigenvalue weighted by molar-refractivity contribution is 8.00. The van der Waals surface area contributed by atoms with Gasteiger partial charge in [-0.05, 0) is 18.6 Å². The van der Waals surface area contributed by atoms with E-state index in [0.29, 0.717) is 0 Å². The molecule has 0 bridgehead atoms. The van der Waals surface area contributed by atoms with Crippen molar-refractivity contribution in [3.8, 4) is 0 Å². The molecule has 3 heteroatoms. The predicted octanol–water partition coefficient (Wildman–Crippen LogP) is 4.20. The molecule has 1 atom stereocenters. The molecule has 17 heavy (non-hydrogen) atoms. The van der Waals surface area contributed by atoms with Crippen LogP contribution in [-0.2, 0) is 4.79 Å². The summed E-state index contributed by atoms with van der Waals surface area (Å²) in [7, 11) is 0. The molecule has 0 saturated carbocycles. The Kier molecular flexibility index (Phi) is 6.78. The summed E-state index contributed by atoms with van der Waals surface area (Å²) in [6.07, 6.45) is 5.28. The molecular formula is C14H20O2S. The summed E-state index contributed by atoms with van der Waals surface area (Å²) in [5, 5.41) is 8.86. The molecule has 94 valence electrons. The quantitative estimate of drug-likeness (QED) is 0.556. The number of benzene rings is 1. The second-order valence-corrected chi connectivity index (χ2v) is 5.38. The molecule has 0 spiro atoms. The first-order valence-electron chi connectivity index (χ1n) is 6.18. The fourth-order valence-corrected chi connectivity index (χ4v) is 2.68. The summed E-state index contributed by atoms with van der Waals surface area (Å²) in [6, 6.07) is 9.76. The Morgan fingerprint density at radius 3 is 2.53 bits per heavy atom. The van der Waals surface area contributed by atoms with Gasteiger partial charge in [0.15, 0.2) is 0 Å². The van der Waals surface area contributed by atoms with Gasteiger partial charge in [-0.2, -0.15) is 0 Å². The lowest BCUT2D eigenvalue weighted by Crippen LogP contribution is -2.16. The summed E-state index contributed by atoms with van der Waals surface area (Å²) < 4.78 is 0. The number of carboxylic acid groups (broad SMARTS) is 1. The van der Waals surface area contributed by atoms with Crippen molar-refractivity contribution < 1.29 is 9.90 Å². The average Bonchev–Trinajstić information content (AvgIpc) is 2.34. The second kappa shape index (κ2) is 8.18. The highest BCUT2D eigenvalue weighted by Gasteiger charge is 2.17. The molecule has 0 aliphatic rings. The number of carboxylic acids is 1. The van der Waals surface area contributed by atoms with Crippen molar-refractivity contribution in [2.75, 3.05) is 0 Å². The van der Waals surface area contributed by atoms with Crippen molar-refractivity contribution >= 4 is 17.7 Å². The summed E-state index contributed by atoms with van der Waals surface area (Å²) in [5.74, 6) is -0.699. The molecule has 2 nitrogen and oxygen atoms in total. The first-order chi connectivity index (χ1) is 8.24. The topological polar surface area (TPSA) is 37.3 Å². The molecule has 1 aromatic carbocycles. The van der Waals surface area contributed by atoms with Crippen LogP contribution in [0.25, 0.3) is 0 Å². The summed E-state index contributed by atoms with van der Waals surface area (Å²) in [5.41, 5.74) is 0. The lowest BCUT2D eigenvalue weighted by atomic mass is 10.1. The smallest absolute Gasteiger partial charge is 0.316 e. The molecule has 0 unspecified atom stereocenters. The van der Waals surface area contributed by atoms with E-state index in [1.165, 1.54) is 24.6 Å². The Morgan fingerprint density at radius 1 is 1.24 bits per heavy atom. The zero-order valence-corrected chi connectivity index (χ0v) is 11.1. The van der Waals surface area contributed by atoms with E-state index in [1.54, 1.807) is 0 Å². The number of hydrogen-bond donors (Lipinski definition) is 1. The van der Waals surface area contributed by atoms with Crippen molar-refractivity contribution in [3.05, 3.63) is 30.3 Å². The number of aliphatic carboxylic acids is 1. The molecule has 0 aliphatic heterocycles. The van der Waals surface area contributed by atoms with Gasteiger partial charge in [0.25, 0.3) is 0 Å². The molecule has 0 fully saturated rings. The van der Waals surface area contributed by atoms with Crippen LogP contribution in [0.2, 0.25) is 0 Å². The van der Waals surface area contributed by atoms with E-state index in [1.807, 2.05) is 30.3 Å². The number of unbranched alkanes of at least 4 members (excludes halogenated alkanes) is 3. The van der Waals surface area contributed by atoms with Crippen molar-refractivity contribution in [1.29, 1.82) is 0 Å². The second-order valence-electron chi connectivity index (χ2n) is 4.11. The SMILES string of the molecule is CCCCCC[C@H](Sc1ccccc1)C(=O)O. The molecule has 0 heterocycles. The highest BCUT2D eigenvalue weighted by Crippen LogP contribution is 2.26. The molecule has 0 aromatic heterocycles. The minimum Gasteiger partial charge on any atom is -0.480 e. The molecule has 0 amide bonds. The largest absolute Gasteiger partial charge is 0.480 e. The van der Waals surface area contributed by atoms with Gasteiger partial charge in [0, 0.05) is 4.90 Å². The van der Waals surface area contributed by atoms with E-state index < -0.39 is 5.97 Å². The Labute approximate surface area is 107 Å². The van der Waals surface area contributed by atoms with Crippen molar-refractivity contribution in [1.82, 2.24) is 0 Å². The van der Waals surface area contributed by atoms with Crippen LogP contribution in [0.5, 0.6) is 0 Å². The first kappa shape index (κ1) is 14.1. The summed E-state index contributed by atoms with van der Waals surface area (Å²) in [6.45, 7) is 2.16. The van der Waals surface area contributed by atoms with Gasteiger partial charge in [-0.3, -0.25) is 4.79 Å². The Balaban J connectivity index is 2.41. The lowest BCUT2D eigenvalue weighted by Gasteiger charge is -2.11. The summed E-state index contributed by atoms with van der Waals surface area (Å²) >= 11 is 1.46. The van der Waals surface area contributed by atoms with Gasteiger partial charge in [-0.25, -0.2) is 0 Å². The van der Waals surface area contributed by atoms with Gasteiger partial charge in [-0.15, -0.1) is 11.8 Å². The van der Waals surface area contributed by atoms with Gasteiger partial charge >= 0.3 is 5.97 Å². The fourth-order valence-electron chi connectivity index (χ4n) is 1.65. The predicted molar refractivity (Wildman–Crippen MR) is 72.5 cm³/mol.